The predicted octanol–water partition coefficient (Wildman–Crippen LogP) is 2.45. The van der Waals surface area contributed by atoms with Gasteiger partial charge >= 0.3 is 12.3 Å². The molecule has 0 aliphatic carbocycles. The number of carboxylic acid groups (broad SMARTS) is 1. The van der Waals surface area contributed by atoms with Crippen LogP contribution >= 0.6 is 0 Å². The second-order valence-corrected chi connectivity index (χ2v) is 3.53. The van der Waals surface area contributed by atoms with Crippen LogP contribution in [0.15, 0.2) is 6.07 Å². The van der Waals surface area contributed by atoms with Gasteiger partial charge in [-0.05, 0) is 0 Å². The maximum Gasteiger partial charge on any atom is 0.574 e. The summed E-state index contributed by atoms with van der Waals surface area (Å²) in [4.78, 5) is 22.7. The summed E-state index contributed by atoms with van der Waals surface area (Å²) >= 11 is 0. The number of hydrogen-bond donors (Lipinski definition) is 1. The molecule has 0 bridgehead atoms. The van der Waals surface area contributed by atoms with Crippen LogP contribution < -0.4 is 4.74 Å². The van der Waals surface area contributed by atoms with Gasteiger partial charge in [-0.15, -0.1) is 13.2 Å². The van der Waals surface area contributed by atoms with Crippen LogP contribution in [0.5, 0.6) is 5.88 Å². The highest BCUT2D eigenvalue weighted by Gasteiger charge is 2.38. The van der Waals surface area contributed by atoms with E-state index >= 15 is 0 Å². The fraction of sp³-hybridized carbons (Fsp3) is 0.333. The minimum Gasteiger partial charge on any atom is -0.481 e. The molecule has 0 aliphatic rings. The van der Waals surface area contributed by atoms with Gasteiger partial charge in [0.25, 0.3) is 12.1 Å². The van der Waals surface area contributed by atoms with Gasteiger partial charge in [0, 0.05) is 6.07 Å². The van der Waals surface area contributed by atoms with Crippen LogP contribution in [0, 0.1) is 10.1 Å². The Balaban J connectivity index is 3.51. The zero-order valence-electron chi connectivity index (χ0n) is 9.73. The molecule has 0 aliphatic heterocycles. The molecule has 1 aromatic heterocycles. The normalized spacial score (nSPS) is 11.5. The lowest BCUT2D eigenvalue weighted by Crippen LogP contribution is -2.20. The van der Waals surface area contributed by atoms with Crippen molar-refractivity contribution in [1.82, 2.24) is 4.98 Å². The molecule has 1 aromatic rings. The number of rotatable bonds is 5. The van der Waals surface area contributed by atoms with Crippen molar-refractivity contribution in [3.63, 3.8) is 0 Å². The van der Waals surface area contributed by atoms with E-state index in [-0.39, 0.29) is 0 Å². The molecule has 21 heavy (non-hydrogen) atoms. The summed E-state index contributed by atoms with van der Waals surface area (Å²) in [6, 6.07) is 0.360. The number of pyridine rings is 1. The molecule has 0 saturated carbocycles. The monoisotopic (exact) mass is 316 g/mol. The van der Waals surface area contributed by atoms with Gasteiger partial charge in [0.2, 0.25) is 5.88 Å². The van der Waals surface area contributed by atoms with Crippen molar-refractivity contribution in [2.24, 2.45) is 0 Å². The average Bonchev–Trinajstić information content (AvgIpc) is 2.23. The predicted molar refractivity (Wildman–Crippen MR) is 53.9 cm³/mol. The maximum absolute atomic E-state index is 12.7. The third-order valence-corrected chi connectivity index (χ3v) is 2.01. The highest BCUT2D eigenvalue weighted by molar-refractivity contribution is 5.70. The number of aromatic nitrogens is 1. The van der Waals surface area contributed by atoms with E-state index in [0.29, 0.717) is 6.07 Å². The first-order chi connectivity index (χ1) is 9.51. The quantitative estimate of drug-likeness (QED) is 0.508. The minimum atomic E-state index is -5.42. The molecule has 0 aromatic carbocycles. The second-order valence-electron chi connectivity index (χ2n) is 3.53. The SMILES string of the molecule is O=C(O)Cc1cc([N+](=O)[O-])c(C(F)F)c(OC(F)(F)F)n1. The van der Waals surface area contributed by atoms with Crippen molar-refractivity contribution in [3.05, 3.63) is 27.4 Å². The van der Waals surface area contributed by atoms with Crippen LogP contribution in [0.25, 0.3) is 0 Å². The lowest BCUT2D eigenvalue weighted by molar-refractivity contribution is -0.386. The summed E-state index contributed by atoms with van der Waals surface area (Å²) in [6.07, 6.45) is -10.1. The number of carboxylic acids is 1. The molecule has 7 nitrogen and oxygen atoms in total. The third kappa shape index (κ3) is 4.50. The van der Waals surface area contributed by atoms with E-state index in [9.17, 15) is 36.9 Å². The molecular weight excluding hydrogens is 311 g/mol. The number of carbonyl (C=O) groups is 1. The van der Waals surface area contributed by atoms with E-state index < -0.39 is 52.9 Å². The zero-order valence-corrected chi connectivity index (χ0v) is 9.73. The summed E-state index contributed by atoms with van der Waals surface area (Å²) in [7, 11) is 0. The molecule has 0 atom stereocenters. The molecule has 116 valence electrons. The second kappa shape index (κ2) is 5.85. The van der Waals surface area contributed by atoms with Crippen molar-refractivity contribution in [3.8, 4) is 5.88 Å². The van der Waals surface area contributed by atoms with E-state index in [0.717, 1.165) is 0 Å². The Morgan fingerprint density at radius 3 is 2.43 bits per heavy atom. The molecule has 1 N–H and O–H groups in total. The van der Waals surface area contributed by atoms with E-state index in [1.165, 1.54) is 0 Å². The maximum atomic E-state index is 12.7. The summed E-state index contributed by atoms with van der Waals surface area (Å²) in [5.74, 6) is -3.32. The Labute approximate surface area is 112 Å². The molecule has 0 unspecified atom stereocenters. The first-order valence-electron chi connectivity index (χ1n) is 4.95. The average molecular weight is 316 g/mol. The summed E-state index contributed by atoms with van der Waals surface area (Å²) in [5.41, 5.74) is -3.81. The highest BCUT2D eigenvalue weighted by Crippen LogP contribution is 2.38. The number of alkyl halides is 5. The molecule has 0 saturated heterocycles. The van der Waals surface area contributed by atoms with Gasteiger partial charge in [0.15, 0.2) is 5.56 Å². The van der Waals surface area contributed by atoms with E-state index in [1.54, 1.807) is 0 Å². The standard InChI is InChI=1S/C9H5F5N2O5/c10-7(11)6-4(16(19)20)1-3(2-5(17)18)15-8(6)21-9(12,13)14/h1,7H,2H2,(H,17,18). The van der Waals surface area contributed by atoms with E-state index in [4.69, 9.17) is 5.11 Å². The van der Waals surface area contributed by atoms with E-state index in [1.807, 2.05) is 0 Å². The topological polar surface area (TPSA) is 103 Å². The van der Waals surface area contributed by atoms with Crippen molar-refractivity contribution in [2.75, 3.05) is 0 Å². The molecule has 0 radical (unpaired) electrons. The van der Waals surface area contributed by atoms with Gasteiger partial charge in [-0.3, -0.25) is 14.9 Å². The zero-order chi connectivity index (χ0) is 16.4. The van der Waals surface area contributed by atoms with Crippen LogP contribution in [-0.4, -0.2) is 27.3 Å². The van der Waals surface area contributed by atoms with Crippen LogP contribution in [0.1, 0.15) is 17.7 Å². The van der Waals surface area contributed by atoms with E-state index in [2.05, 4.69) is 9.72 Å². The minimum absolute atomic E-state index is 0.360. The summed E-state index contributed by atoms with van der Waals surface area (Å²) in [5, 5.41) is 19.1. The molecule has 12 heteroatoms. The Morgan fingerprint density at radius 2 is 2.05 bits per heavy atom. The van der Waals surface area contributed by atoms with Gasteiger partial charge in [-0.2, -0.15) is 0 Å². The molecule has 1 rings (SSSR count). The molecular formula is C9H5F5N2O5. The molecule has 0 spiro atoms. The van der Waals surface area contributed by atoms with Crippen molar-refractivity contribution in [2.45, 2.75) is 19.2 Å². The number of ether oxygens (including phenoxy) is 1. The lowest BCUT2D eigenvalue weighted by atomic mass is 10.1. The first-order valence-corrected chi connectivity index (χ1v) is 4.95. The number of nitrogens with zero attached hydrogens (tertiary/aromatic N) is 2. The lowest BCUT2D eigenvalue weighted by Gasteiger charge is -2.13. The largest absolute Gasteiger partial charge is 0.574 e. The molecule has 0 amide bonds. The van der Waals surface area contributed by atoms with Crippen LogP contribution in [-0.2, 0) is 11.2 Å². The third-order valence-electron chi connectivity index (χ3n) is 2.01. The smallest absolute Gasteiger partial charge is 0.481 e. The van der Waals surface area contributed by atoms with Crippen LogP contribution in [0.3, 0.4) is 0 Å². The fourth-order valence-corrected chi connectivity index (χ4v) is 1.36. The number of halogens is 5. The Bertz CT molecular complexity index is 574. The highest BCUT2D eigenvalue weighted by atomic mass is 19.4. The van der Waals surface area contributed by atoms with Crippen LogP contribution in [0.2, 0.25) is 0 Å². The van der Waals surface area contributed by atoms with Crippen molar-refractivity contribution < 1.29 is 41.5 Å². The van der Waals surface area contributed by atoms with Crippen molar-refractivity contribution >= 4 is 11.7 Å². The van der Waals surface area contributed by atoms with Gasteiger partial charge in [-0.1, -0.05) is 0 Å². The Morgan fingerprint density at radius 1 is 1.48 bits per heavy atom. The van der Waals surface area contributed by atoms with Gasteiger partial charge in [-0.25, -0.2) is 13.8 Å². The number of hydrogen-bond acceptors (Lipinski definition) is 5. The van der Waals surface area contributed by atoms with Crippen LogP contribution in [0.4, 0.5) is 27.6 Å². The first kappa shape index (κ1) is 16.5. The Hall–Kier alpha value is -2.53. The summed E-state index contributed by atoms with van der Waals surface area (Å²) in [6.45, 7) is 0. The summed E-state index contributed by atoms with van der Waals surface area (Å²) < 4.78 is 65.0. The number of aliphatic carboxylic acids is 1. The van der Waals surface area contributed by atoms with Gasteiger partial charge in [0.1, 0.15) is 0 Å². The fourth-order valence-electron chi connectivity index (χ4n) is 1.36. The molecule has 1 heterocycles. The molecule has 0 fully saturated rings. The van der Waals surface area contributed by atoms with Gasteiger partial charge < -0.3 is 9.84 Å². The number of nitro groups is 1. The van der Waals surface area contributed by atoms with Gasteiger partial charge in [0.05, 0.1) is 17.0 Å². The Kier molecular flexibility index (Phi) is 4.60. The van der Waals surface area contributed by atoms with Crippen molar-refractivity contribution in [1.29, 1.82) is 0 Å².